The van der Waals surface area contributed by atoms with Crippen LogP contribution in [0.4, 0.5) is 4.79 Å². The van der Waals surface area contributed by atoms with Crippen LogP contribution in [-0.4, -0.2) is 54.6 Å². The zero-order valence-electron chi connectivity index (χ0n) is 20.4. The van der Waals surface area contributed by atoms with E-state index >= 15 is 0 Å². The summed E-state index contributed by atoms with van der Waals surface area (Å²) in [4.78, 5) is 36.8. The summed E-state index contributed by atoms with van der Waals surface area (Å²) in [7, 11) is 1.59. The fourth-order valence-electron chi connectivity index (χ4n) is 3.49. The van der Waals surface area contributed by atoms with Crippen molar-refractivity contribution in [3.63, 3.8) is 0 Å². The largest absolute Gasteiger partial charge is 0.497 e. The summed E-state index contributed by atoms with van der Waals surface area (Å²) in [6.07, 6.45) is -0.188. The standard InChI is InChI=1S/C26H31N3O6/c1-26(2,3)35-25(32)27-15-14-24(31)34-17-23(30)29-22(19-10-12-20(33-4)13-11-19)16-21(28-29)18-8-6-5-7-9-18/h5-13,22H,14-17H2,1-4H3,(H,27,32). The van der Waals surface area contributed by atoms with Crippen LogP contribution in [0.2, 0.25) is 0 Å². The van der Waals surface area contributed by atoms with Gasteiger partial charge in [0.25, 0.3) is 5.91 Å². The highest BCUT2D eigenvalue weighted by Gasteiger charge is 2.33. The third-order valence-corrected chi connectivity index (χ3v) is 5.13. The van der Waals surface area contributed by atoms with Gasteiger partial charge in [-0.3, -0.25) is 9.59 Å². The fraction of sp³-hybridized carbons (Fsp3) is 0.385. The second-order valence-electron chi connectivity index (χ2n) is 8.98. The smallest absolute Gasteiger partial charge is 0.407 e. The van der Waals surface area contributed by atoms with Crippen molar-refractivity contribution in [3.8, 4) is 5.75 Å². The van der Waals surface area contributed by atoms with Crippen LogP contribution in [0, 0.1) is 0 Å². The summed E-state index contributed by atoms with van der Waals surface area (Å²) >= 11 is 0. The van der Waals surface area contributed by atoms with Crippen LogP contribution < -0.4 is 10.1 Å². The highest BCUT2D eigenvalue weighted by atomic mass is 16.6. The molecule has 0 aromatic heterocycles. The number of methoxy groups -OCH3 is 1. The molecule has 2 aromatic carbocycles. The van der Waals surface area contributed by atoms with E-state index in [0.29, 0.717) is 12.2 Å². The Bertz CT molecular complexity index is 1060. The van der Waals surface area contributed by atoms with E-state index in [1.807, 2.05) is 54.6 Å². The van der Waals surface area contributed by atoms with E-state index in [1.165, 1.54) is 5.01 Å². The number of carbonyl (C=O) groups excluding carboxylic acids is 3. The molecule has 35 heavy (non-hydrogen) atoms. The van der Waals surface area contributed by atoms with Crippen LogP contribution in [0.15, 0.2) is 59.7 Å². The highest BCUT2D eigenvalue weighted by molar-refractivity contribution is 6.03. The Balaban J connectivity index is 1.61. The Morgan fingerprint density at radius 3 is 2.37 bits per heavy atom. The maximum absolute atomic E-state index is 13.0. The molecule has 0 fully saturated rings. The fourth-order valence-corrected chi connectivity index (χ4v) is 3.49. The number of hydrogen-bond acceptors (Lipinski definition) is 7. The number of rotatable bonds is 8. The van der Waals surface area contributed by atoms with Crippen molar-refractivity contribution in [2.45, 2.75) is 45.3 Å². The molecule has 0 spiro atoms. The van der Waals surface area contributed by atoms with Crippen molar-refractivity contribution in [2.24, 2.45) is 5.10 Å². The summed E-state index contributed by atoms with van der Waals surface area (Å²) in [6.45, 7) is 4.82. The normalized spacial score (nSPS) is 15.3. The van der Waals surface area contributed by atoms with Gasteiger partial charge < -0.3 is 19.5 Å². The number of benzene rings is 2. The van der Waals surface area contributed by atoms with Gasteiger partial charge in [0.05, 0.1) is 25.3 Å². The molecule has 1 atom stereocenters. The van der Waals surface area contributed by atoms with Gasteiger partial charge in [-0.15, -0.1) is 0 Å². The Morgan fingerprint density at radius 1 is 1.06 bits per heavy atom. The van der Waals surface area contributed by atoms with Gasteiger partial charge >= 0.3 is 12.1 Å². The third kappa shape index (κ3) is 7.56. The molecule has 1 aliphatic rings. The molecule has 0 saturated heterocycles. The zero-order chi connectivity index (χ0) is 25.4. The lowest BCUT2D eigenvalue weighted by atomic mass is 9.98. The Morgan fingerprint density at radius 2 is 1.74 bits per heavy atom. The SMILES string of the molecule is COc1ccc(C2CC(c3ccccc3)=NN2C(=O)COC(=O)CCNC(=O)OC(C)(C)C)cc1. The molecular weight excluding hydrogens is 450 g/mol. The van der Waals surface area contributed by atoms with E-state index in [9.17, 15) is 14.4 Å². The molecule has 0 aliphatic carbocycles. The molecule has 186 valence electrons. The lowest BCUT2D eigenvalue weighted by Crippen LogP contribution is -2.34. The average molecular weight is 482 g/mol. The molecule has 0 radical (unpaired) electrons. The first kappa shape index (κ1) is 25.7. The molecule has 2 aromatic rings. The summed E-state index contributed by atoms with van der Waals surface area (Å²) < 4.78 is 15.5. The van der Waals surface area contributed by atoms with Crippen molar-refractivity contribution < 1.29 is 28.6 Å². The van der Waals surface area contributed by atoms with Gasteiger partial charge in [-0.2, -0.15) is 5.10 Å². The van der Waals surface area contributed by atoms with Crippen LogP contribution in [0.25, 0.3) is 0 Å². The van der Waals surface area contributed by atoms with E-state index in [-0.39, 0.29) is 19.0 Å². The van der Waals surface area contributed by atoms with Crippen molar-refractivity contribution in [1.82, 2.24) is 10.3 Å². The monoisotopic (exact) mass is 481 g/mol. The van der Waals surface area contributed by atoms with Gasteiger partial charge in [-0.05, 0) is 44.0 Å². The highest BCUT2D eigenvalue weighted by Crippen LogP contribution is 2.33. The van der Waals surface area contributed by atoms with E-state index in [2.05, 4.69) is 10.4 Å². The first-order valence-electron chi connectivity index (χ1n) is 11.4. The number of hydrogen-bond donors (Lipinski definition) is 1. The van der Waals surface area contributed by atoms with Crippen LogP contribution >= 0.6 is 0 Å². The Labute approximate surface area is 205 Å². The van der Waals surface area contributed by atoms with Crippen molar-refractivity contribution in [1.29, 1.82) is 0 Å². The summed E-state index contributed by atoms with van der Waals surface area (Å²) in [5, 5.41) is 8.42. The van der Waals surface area contributed by atoms with E-state index in [4.69, 9.17) is 14.2 Å². The lowest BCUT2D eigenvalue weighted by molar-refractivity contribution is -0.152. The Hall–Kier alpha value is -3.88. The van der Waals surface area contributed by atoms with Crippen LogP contribution in [0.5, 0.6) is 5.75 Å². The lowest BCUT2D eigenvalue weighted by Gasteiger charge is -2.22. The van der Waals surface area contributed by atoms with Gasteiger partial charge in [0.2, 0.25) is 0 Å². The molecule has 9 nitrogen and oxygen atoms in total. The number of ether oxygens (including phenoxy) is 3. The van der Waals surface area contributed by atoms with Crippen LogP contribution in [0.3, 0.4) is 0 Å². The molecule has 2 amide bonds. The molecule has 1 heterocycles. The molecular formula is C26H31N3O6. The molecule has 1 N–H and O–H groups in total. The molecule has 0 bridgehead atoms. The summed E-state index contributed by atoms with van der Waals surface area (Å²) in [6, 6.07) is 16.7. The van der Waals surface area contributed by atoms with Crippen LogP contribution in [-0.2, 0) is 19.1 Å². The Kier molecular flexibility index (Phi) is 8.46. The molecule has 9 heteroatoms. The number of hydrazone groups is 1. The maximum Gasteiger partial charge on any atom is 0.407 e. The second-order valence-corrected chi connectivity index (χ2v) is 8.98. The van der Waals surface area contributed by atoms with Gasteiger partial charge in [0.15, 0.2) is 6.61 Å². The molecule has 1 aliphatic heterocycles. The van der Waals surface area contributed by atoms with Gasteiger partial charge in [0.1, 0.15) is 11.4 Å². The molecule has 0 saturated carbocycles. The van der Waals surface area contributed by atoms with Crippen molar-refractivity contribution >= 4 is 23.7 Å². The number of carbonyl (C=O) groups is 3. The second kappa shape index (κ2) is 11.5. The van der Waals surface area contributed by atoms with Gasteiger partial charge in [0, 0.05) is 13.0 Å². The minimum absolute atomic E-state index is 0.0381. The van der Waals surface area contributed by atoms with Gasteiger partial charge in [-0.25, -0.2) is 9.80 Å². The number of nitrogens with zero attached hydrogens (tertiary/aromatic N) is 2. The summed E-state index contributed by atoms with van der Waals surface area (Å²) in [5.41, 5.74) is 1.95. The van der Waals surface area contributed by atoms with E-state index < -0.39 is 30.2 Å². The van der Waals surface area contributed by atoms with E-state index in [0.717, 1.165) is 16.8 Å². The first-order valence-corrected chi connectivity index (χ1v) is 11.4. The predicted molar refractivity (Wildman–Crippen MR) is 130 cm³/mol. The van der Waals surface area contributed by atoms with Gasteiger partial charge in [-0.1, -0.05) is 42.5 Å². The van der Waals surface area contributed by atoms with E-state index in [1.54, 1.807) is 27.9 Å². The quantitative estimate of drug-likeness (QED) is 0.575. The number of amides is 2. The minimum Gasteiger partial charge on any atom is -0.497 e. The number of alkyl carbamates (subject to hydrolysis) is 1. The molecule has 1 unspecified atom stereocenters. The third-order valence-electron chi connectivity index (χ3n) is 5.13. The number of nitrogens with one attached hydrogen (secondary N) is 1. The maximum atomic E-state index is 13.0. The topological polar surface area (TPSA) is 107 Å². The molecule has 3 rings (SSSR count). The predicted octanol–water partition coefficient (Wildman–Crippen LogP) is 3.83. The zero-order valence-corrected chi connectivity index (χ0v) is 20.4. The van der Waals surface area contributed by atoms with Crippen molar-refractivity contribution in [3.05, 3.63) is 65.7 Å². The van der Waals surface area contributed by atoms with Crippen molar-refractivity contribution in [2.75, 3.05) is 20.3 Å². The van der Waals surface area contributed by atoms with Crippen LogP contribution in [0.1, 0.15) is 50.8 Å². The summed E-state index contributed by atoms with van der Waals surface area (Å²) in [5.74, 6) is -0.338. The average Bonchev–Trinajstić information content (AvgIpc) is 3.28. The number of esters is 1. The minimum atomic E-state index is -0.633. The first-order chi connectivity index (χ1) is 16.7.